The first-order chi connectivity index (χ1) is 10.2. The minimum atomic E-state index is -0.991. The van der Waals surface area contributed by atoms with Gasteiger partial charge >= 0.3 is 11.4 Å². The average Bonchev–Trinajstić information content (AvgIpc) is 2.97. The number of aliphatic hydroxyl groups excluding tert-OH is 1. The SMILES string of the molecule is CC(C)(C)c1nn(CC(O)Cn2cc([N+](=O)[O-])cn2)c(=O)o1. The molecule has 10 heteroatoms. The van der Waals surface area contributed by atoms with E-state index in [1.165, 1.54) is 10.9 Å². The van der Waals surface area contributed by atoms with E-state index < -0.39 is 22.2 Å². The second-order valence-corrected chi connectivity index (χ2v) is 5.94. The van der Waals surface area contributed by atoms with Crippen LogP contribution in [0.5, 0.6) is 0 Å². The van der Waals surface area contributed by atoms with Crippen molar-refractivity contribution in [3.63, 3.8) is 0 Å². The summed E-state index contributed by atoms with van der Waals surface area (Å²) in [5, 5.41) is 28.3. The molecule has 0 aliphatic heterocycles. The summed E-state index contributed by atoms with van der Waals surface area (Å²) in [6, 6.07) is 0. The molecule has 2 aromatic heterocycles. The minimum Gasteiger partial charge on any atom is -0.392 e. The number of hydrogen-bond donors (Lipinski definition) is 1. The van der Waals surface area contributed by atoms with Gasteiger partial charge in [-0.2, -0.15) is 9.78 Å². The van der Waals surface area contributed by atoms with Crippen molar-refractivity contribution in [3.8, 4) is 0 Å². The molecule has 0 aliphatic carbocycles. The van der Waals surface area contributed by atoms with Crippen LogP contribution in [-0.4, -0.2) is 35.7 Å². The highest BCUT2D eigenvalue weighted by molar-refractivity contribution is 5.20. The first-order valence-electron chi connectivity index (χ1n) is 6.60. The van der Waals surface area contributed by atoms with Gasteiger partial charge in [0.2, 0.25) is 5.89 Å². The topological polar surface area (TPSA) is 129 Å². The Bertz CT molecular complexity index is 723. The fraction of sp³-hybridized carbons (Fsp3) is 0.583. The number of rotatable bonds is 5. The van der Waals surface area contributed by atoms with Crippen LogP contribution in [0.4, 0.5) is 5.69 Å². The van der Waals surface area contributed by atoms with Gasteiger partial charge in [0.1, 0.15) is 12.4 Å². The van der Waals surface area contributed by atoms with Crippen LogP contribution in [0.15, 0.2) is 21.6 Å². The lowest BCUT2D eigenvalue weighted by Gasteiger charge is -2.11. The second kappa shape index (κ2) is 5.72. The lowest BCUT2D eigenvalue weighted by Crippen LogP contribution is -2.28. The van der Waals surface area contributed by atoms with Crippen LogP contribution in [0.1, 0.15) is 26.7 Å². The normalized spacial score (nSPS) is 13.3. The van der Waals surface area contributed by atoms with E-state index in [0.717, 1.165) is 10.9 Å². The number of hydrogen-bond acceptors (Lipinski definition) is 7. The van der Waals surface area contributed by atoms with Crippen molar-refractivity contribution < 1.29 is 14.4 Å². The molecule has 2 heterocycles. The molecule has 0 radical (unpaired) electrons. The van der Waals surface area contributed by atoms with E-state index in [-0.39, 0.29) is 24.7 Å². The van der Waals surface area contributed by atoms with Crippen LogP contribution in [0.2, 0.25) is 0 Å². The molecule has 1 unspecified atom stereocenters. The summed E-state index contributed by atoms with van der Waals surface area (Å²) in [5.41, 5.74) is -0.585. The van der Waals surface area contributed by atoms with Crippen LogP contribution >= 0.6 is 0 Å². The maximum atomic E-state index is 11.7. The van der Waals surface area contributed by atoms with Gasteiger partial charge in [-0.1, -0.05) is 20.8 Å². The molecule has 120 valence electrons. The molecule has 0 aliphatic rings. The maximum absolute atomic E-state index is 11.7. The Morgan fingerprint density at radius 1 is 1.45 bits per heavy atom. The Morgan fingerprint density at radius 3 is 2.64 bits per heavy atom. The number of nitro groups is 1. The largest absolute Gasteiger partial charge is 0.437 e. The van der Waals surface area contributed by atoms with Crippen LogP contribution in [0, 0.1) is 10.1 Å². The summed E-state index contributed by atoms with van der Waals surface area (Å²) in [5.74, 6) is -0.380. The zero-order chi connectivity index (χ0) is 16.5. The molecule has 1 atom stereocenters. The Balaban J connectivity index is 2.05. The standard InChI is InChI=1S/C12H17N5O5/c1-12(2,3)10-14-16(11(19)22-10)7-9(18)6-15-5-8(4-13-15)17(20)21/h4-5,9,18H,6-7H2,1-3H3. The molecule has 0 saturated heterocycles. The van der Waals surface area contributed by atoms with E-state index in [9.17, 15) is 20.0 Å². The predicted octanol–water partition coefficient (Wildman–Crippen LogP) is 0.300. The highest BCUT2D eigenvalue weighted by Crippen LogP contribution is 2.18. The van der Waals surface area contributed by atoms with Crippen molar-refractivity contribution in [1.82, 2.24) is 19.6 Å². The van der Waals surface area contributed by atoms with Gasteiger partial charge in [-0.3, -0.25) is 14.8 Å². The first-order valence-corrected chi connectivity index (χ1v) is 6.60. The van der Waals surface area contributed by atoms with E-state index in [4.69, 9.17) is 4.42 Å². The first kappa shape index (κ1) is 15.9. The van der Waals surface area contributed by atoms with Gasteiger partial charge in [0.05, 0.1) is 24.1 Å². The number of nitrogens with zero attached hydrogens (tertiary/aromatic N) is 5. The molecule has 0 aromatic carbocycles. The summed E-state index contributed by atoms with van der Waals surface area (Å²) in [6.45, 7) is 5.45. The highest BCUT2D eigenvalue weighted by atomic mass is 16.6. The Morgan fingerprint density at radius 2 is 2.14 bits per heavy atom. The van der Waals surface area contributed by atoms with Gasteiger partial charge in [-0.15, -0.1) is 5.10 Å². The van der Waals surface area contributed by atoms with Crippen molar-refractivity contribution in [2.24, 2.45) is 0 Å². The van der Waals surface area contributed by atoms with Crippen molar-refractivity contribution in [1.29, 1.82) is 0 Å². The van der Waals surface area contributed by atoms with Crippen molar-refractivity contribution in [2.45, 2.75) is 45.4 Å². The molecule has 22 heavy (non-hydrogen) atoms. The van der Waals surface area contributed by atoms with E-state index in [1.54, 1.807) is 0 Å². The molecule has 0 fully saturated rings. The fourth-order valence-electron chi connectivity index (χ4n) is 1.74. The zero-order valence-electron chi connectivity index (χ0n) is 12.5. The molecule has 0 spiro atoms. The number of aromatic nitrogens is 4. The third kappa shape index (κ3) is 3.58. The van der Waals surface area contributed by atoms with Gasteiger partial charge in [-0.25, -0.2) is 4.79 Å². The summed E-state index contributed by atoms with van der Waals surface area (Å²) in [6.07, 6.45) is 1.30. The lowest BCUT2D eigenvalue weighted by molar-refractivity contribution is -0.385. The summed E-state index contributed by atoms with van der Waals surface area (Å²) >= 11 is 0. The predicted molar refractivity (Wildman–Crippen MR) is 74.4 cm³/mol. The Hall–Kier alpha value is -2.49. The van der Waals surface area contributed by atoms with Crippen molar-refractivity contribution in [2.75, 3.05) is 0 Å². The third-order valence-electron chi connectivity index (χ3n) is 2.86. The van der Waals surface area contributed by atoms with E-state index >= 15 is 0 Å². The van der Waals surface area contributed by atoms with Crippen LogP contribution in [0.3, 0.4) is 0 Å². The third-order valence-corrected chi connectivity index (χ3v) is 2.86. The van der Waals surface area contributed by atoms with Gasteiger partial charge in [0.25, 0.3) is 0 Å². The van der Waals surface area contributed by atoms with E-state index in [2.05, 4.69) is 10.2 Å². The molecule has 10 nitrogen and oxygen atoms in total. The lowest BCUT2D eigenvalue weighted by atomic mass is 9.97. The second-order valence-electron chi connectivity index (χ2n) is 5.94. The van der Waals surface area contributed by atoms with Crippen molar-refractivity contribution >= 4 is 5.69 Å². The molecular weight excluding hydrogens is 294 g/mol. The molecule has 2 aromatic rings. The van der Waals surface area contributed by atoms with Gasteiger partial charge < -0.3 is 9.52 Å². The smallest absolute Gasteiger partial charge is 0.392 e. The van der Waals surface area contributed by atoms with Crippen LogP contribution in [0.25, 0.3) is 0 Å². The quantitative estimate of drug-likeness (QED) is 0.620. The van der Waals surface area contributed by atoms with Gasteiger partial charge in [0, 0.05) is 5.41 Å². The molecule has 2 rings (SSSR count). The van der Waals surface area contributed by atoms with E-state index in [1.807, 2.05) is 20.8 Å². The summed E-state index contributed by atoms with van der Waals surface area (Å²) in [4.78, 5) is 21.7. The minimum absolute atomic E-state index is 0.00199. The number of aliphatic hydroxyl groups is 1. The van der Waals surface area contributed by atoms with Crippen molar-refractivity contribution in [3.05, 3.63) is 38.9 Å². The molecule has 0 bridgehead atoms. The Kier molecular flexibility index (Phi) is 4.13. The zero-order valence-corrected chi connectivity index (χ0v) is 12.5. The molecule has 1 N–H and O–H groups in total. The highest BCUT2D eigenvalue weighted by Gasteiger charge is 2.23. The summed E-state index contributed by atoms with van der Waals surface area (Å²) in [7, 11) is 0. The maximum Gasteiger partial charge on any atom is 0.437 e. The molecular formula is C12H17N5O5. The molecule has 0 amide bonds. The van der Waals surface area contributed by atoms with Gasteiger partial charge in [0.15, 0.2) is 0 Å². The van der Waals surface area contributed by atoms with Gasteiger partial charge in [-0.05, 0) is 0 Å². The average molecular weight is 311 g/mol. The van der Waals surface area contributed by atoms with Crippen LogP contribution < -0.4 is 5.76 Å². The van der Waals surface area contributed by atoms with E-state index in [0.29, 0.717) is 0 Å². The van der Waals surface area contributed by atoms with Crippen LogP contribution in [-0.2, 0) is 18.5 Å². The fourth-order valence-corrected chi connectivity index (χ4v) is 1.74. The molecule has 0 saturated carbocycles. The Labute approximate surface area is 125 Å². The summed E-state index contributed by atoms with van der Waals surface area (Å²) < 4.78 is 7.30. The monoisotopic (exact) mass is 311 g/mol.